The van der Waals surface area contributed by atoms with E-state index in [-0.39, 0.29) is 12.5 Å². The molecule has 0 aliphatic carbocycles. The quantitative estimate of drug-likeness (QED) is 0.850. The molecule has 1 aromatic carbocycles. The molecule has 1 aliphatic heterocycles. The van der Waals surface area contributed by atoms with Crippen molar-refractivity contribution in [3.8, 4) is 0 Å². The SMILES string of the molecule is Cc1ccc(C(=O)NCc2nc(N(C)C)nc(N3CCOCC3)n2)c(C)c1. The van der Waals surface area contributed by atoms with Crippen LogP contribution in [0.2, 0.25) is 0 Å². The van der Waals surface area contributed by atoms with Crippen LogP contribution in [0.4, 0.5) is 11.9 Å². The van der Waals surface area contributed by atoms with Crippen molar-refractivity contribution in [1.82, 2.24) is 20.3 Å². The molecule has 8 heteroatoms. The third-order valence-corrected chi connectivity index (χ3v) is 4.39. The van der Waals surface area contributed by atoms with E-state index in [0.717, 1.165) is 24.2 Å². The Labute approximate surface area is 159 Å². The van der Waals surface area contributed by atoms with Gasteiger partial charge in [0, 0.05) is 32.7 Å². The zero-order valence-electron chi connectivity index (χ0n) is 16.3. The van der Waals surface area contributed by atoms with Crippen LogP contribution in [-0.4, -0.2) is 61.3 Å². The Morgan fingerprint density at radius 1 is 1.19 bits per heavy atom. The molecular formula is C19H26N6O2. The Bertz CT molecular complexity index is 818. The van der Waals surface area contributed by atoms with E-state index in [1.165, 1.54) is 0 Å². The number of ether oxygens (including phenoxy) is 1. The summed E-state index contributed by atoms with van der Waals surface area (Å²) >= 11 is 0. The molecule has 1 amide bonds. The number of amides is 1. The average Bonchev–Trinajstić information content (AvgIpc) is 2.66. The third-order valence-electron chi connectivity index (χ3n) is 4.39. The van der Waals surface area contributed by atoms with Gasteiger partial charge in [0.1, 0.15) is 0 Å². The first kappa shape index (κ1) is 19.0. The molecule has 1 fully saturated rings. The number of morpholine rings is 1. The molecule has 27 heavy (non-hydrogen) atoms. The first-order valence-corrected chi connectivity index (χ1v) is 9.04. The molecule has 3 rings (SSSR count). The molecule has 0 atom stereocenters. The predicted molar refractivity (Wildman–Crippen MR) is 104 cm³/mol. The lowest BCUT2D eigenvalue weighted by atomic mass is 10.1. The van der Waals surface area contributed by atoms with Crippen LogP contribution in [0.1, 0.15) is 27.3 Å². The van der Waals surface area contributed by atoms with E-state index in [0.29, 0.717) is 36.5 Å². The molecule has 0 saturated carbocycles. The molecule has 8 nitrogen and oxygen atoms in total. The van der Waals surface area contributed by atoms with Crippen LogP contribution in [0.15, 0.2) is 18.2 Å². The fourth-order valence-corrected chi connectivity index (χ4v) is 2.90. The van der Waals surface area contributed by atoms with E-state index < -0.39 is 0 Å². The van der Waals surface area contributed by atoms with Crippen molar-refractivity contribution in [2.75, 3.05) is 50.2 Å². The summed E-state index contributed by atoms with van der Waals surface area (Å²) in [7, 11) is 3.77. The van der Waals surface area contributed by atoms with Crippen LogP contribution in [0.3, 0.4) is 0 Å². The lowest BCUT2D eigenvalue weighted by molar-refractivity contribution is 0.0949. The average molecular weight is 370 g/mol. The number of anilines is 2. The topological polar surface area (TPSA) is 83.5 Å². The van der Waals surface area contributed by atoms with Crippen molar-refractivity contribution in [2.45, 2.75) is 20.4 Å². The molecule has 2 aromatic rings. The number of rotatable bonds is 5. The zero-order valence-corrected chi connectivity index (χ0v) is 16.3. The van der Waals surface area contributed by atoms with E-state index in [1.807, 2.05) is 51.0 Å². The second kappa shape index (κ2) is 8.30. The van der Waals surface area contributed by atoms with Crippen LogP contribution in [0.25, 0.3) is 0 Å². The number of benzene rings is 1. The maximum atomic E-state index is 12.5. The van der Waals surface area contributed by atoms with Crippen molar-refractivity contribution in [3.05, 3.63) is 40.7 Å². The van der Waals surface area contributed by atoms with Gasteiger partial charge >= 0.3 is 0 Å². The number of nitrogens with zero attached hydrogens (tertiary/aromatic N) is 5. The maximum Gasteiger partial charge on any atom is 0.251 e. The summed E-state index contributed by atoms with van der Waals surface area (Å²) in [5.74, 6) is 1.59. The Morgan fingerprint density at radius 3 is 2.59 bits per heavy atom. The summed E-state index contributed by atoms with van der Waals surface area (Å²) in [5.41, 5.74) is 2.74. The van der Waals surface area contributed by atoms with E-state index in [1.54, 1.807) is 0 Å². The lowest BCUT2D eigenvalue weighted by Gasteiger charge is -2.27. The van der Waals surface area contributed by atoms with Crippen molar-refractivity contribution < 1.29 is 9.53 Å². The number of aryl methyl sites for hydroxylation is 2. The standard InChI is InChI=1S/C19H26N6O2/c1-13-5-6-15(14(2)11-13)17(26)20-12-16-21-18(24(3)4)23-19(22-16)25-7-9-27-10-8-25/h5-6,11H,7-10,12H2,1-4H3,(H,20,26). The van der Waals surface area contributed by atoms with Gasteiger partial charge in [0.2, 0.25) is 11.9 Å². The van der Waals surface area contributed by atoms with Gasteiger partial charge in [-0.15, -0.1) is 0 Å². The minimum absolute atomic E-state index is 0.132. The fraction of sp³-hybridized carbons (Fsp3) is 0.474. The highest BCUT2D eigenvalue weighted by atomic mass is 16.5. The van der Waals surface area contributed by atoms with Gasteiger partial charge in [-0.2, -0.15) is 15.0 Å². The number of hydrogen-bond donors (Lipinski definition) is 1. The first-order chi connectivity index (χ1) is 12.9. The van der Waals surface area contributed by atoms with E-state index in [9.17, 15) is 4.79 Å². The monoisotopic (exact) mass is 370 g/mol. The Balaban J connectivity index is 1.76. The van der Waals surface area contributed by atoms with Gasteiger partial charge < -0.3 is 19.9 Å². The molecular weight excluding hydrogens is 344 g/mol. The number of carbonyl (C=O) groups is 1. The van der Waals surface area contributed by atoms with Gasteiger partial charge in [0.15, 0.2) is 5.82 Å². The zero-order chi connectivity index (χ0) is 19.4. The highest BCUT2D eigenvalue weighted by Crippen LogP contribution is 2.15. The summed E-state index contributed by atoms with van der Waals surface area (Å²) in [4.78, 5) is 30.0. The maximum absolute atomic E-state index is 12.5. The summed E-state index contributed by atoms with van der Waals surface area (Å²) in [6.45, 7) is 6.98. The predicted octanol–water partition coefficient (Wildman–Crippen LogP) is 1.32. The molecule has 144 valence electrons. The van der Waals surface area contributed by atoms with Crippen molar-refractivity contribution in [1.29, 1.82) is 0 Å². The number of hydrogen-bond acceptors (Lipinski definition) is 7. The van der Waals surface area contributed by atoms with Gasteiger partial charge in [-0.25, -0.2) is 0 Å². The van der Waals surface area contributed by atoms with Crippen molar-refractivity contribution in [3.63, 3.8) is 0 Å². The Morgan fingerprint density at radius 2 is 1.93 bits per heavy atom. The fourth-order valence-electron chi connectivity index (χ4n) is 2.90. The second-order valence-electron chi connectivity index (χ2n) is 6.85. The van der Waals surface area contributed by atoms with Gasteiger partial charge in [0.25, 0.3) is 5.91 Å². The van der Waals surface area contributed by atoms with E-state index in [2.05, 4.69) is 25.2 Å². The molecule has 0 unspecified atom stereocenters. The summed E-state index contributed by atoms with van der Waals surface area (Å²) in [6.07, 6.45) is 0. The third kappa shape index (κ3) is 4.71. The summed E-state index contributed by atoms with van der Waals surface area (Å²) < 4.78 is 5.40. The van der Waals surface area contributed by atoms with Gasteiger partial charge in [-0.1, -0.05) is 17.7 Å². The molecule has 0 bridgehead atoms. The molecule has 1 aromatic heterocycles. The second-order valence-corrected chi connectivity index (χ2v) is 6.85. The van der Waals surface area contributed by atoms with Crippen LogP contribution < -0.4 is 15.1 Å². The van der Waals surface area contributed by atoms with Crippen LogP contribution >= 0.6 is 0 Å². The molecule has 2 heterocycles. The van der Waals surface area contributed by atoms with E-state index in [4.69, 9.17) is 4.74 Å². The highest BCUT2D eigenvalue weighted by molar-refractivity contribution is 5.95. The van der Waals surface area contributed by atoms with Crippen LogP contribution in [-0.2, 0) is 11.3 Å². The molecule has 1 aliphatic rings. The van der Waals surface area contributed by atoms with Gasteiger partial charge in [-0.05, 0) is 25.5 Å². The van der Waals surface area contributed by atoms with E-state index >= 15 is 0 Å². The van der Waals surface area contributed by atoms with Crippen LogP contribution in [0, 0.1) is 13.8 Å². The lowest BCUT2D eigenvalue weighted by Crippen LogP contribution is -2.38. The van der Waals surface area contributed by atoms with Gasteiger partial charge in [0.05, 0.1) is 19.8 Å². The van der Waals surface area contributed by atoms with Crippen molar-refractivity contribution in [2.24, 2.45) is 0 Å². The Hall–Kier alpha value is -2.74. The molecule has 0 spiro atoms. The largest absolute Gasteiger partial charge is 0.378 e. The smallest absolute Gasteiger partial charge is 0.251 e. The van der Waals surface area contributed by atoms with Gasteiger partial charge in [-0.3, -0.25) is 4.79 Å². The minimum atomic E-state index is -0.132. The summed E-state index contributed by atoms with van der Waals surface area (Å²) in [6, 6.07) is 5.78. The Kier molecular flexibility index (Phi) is 5.85. The normalized spacial score (nSPS) is 14.1. The molecule has 1 saturated heterocycles. The molecule has 1 N–H and O–H groups in total. The van der Waals surface area contributed by atoms with Crippen LogP contribution in [0.5, 0.6) is 0 Å². The number of nitrogens with one attached hydrogen (secondary N) is 1. The minimum Gasteiger partial charge on any atom is -0.378 e. The van der Waals surface area contributed by atoms with Crippen molar-refractivity contribution >= 4 is 17.8 Å². The highest BCUT2D eigenvalue weighted by Gasteiger charge is 2.18. The number of aromatic nitrogens is 3. The molecule has 0 radical (unpaired) electrons. The number of carbonyl (C=O) groups excluding carboxylic acids is 1. The summed E-state index contributed by atoms with van der Waals surface area (Å²) in [5, 5.41) is 2.92. The first-order valence-electron chi connectivity index (χ1n) is 9.04.